The number of fused-ring (bicyclic) bond motifs is 1. The first-order chi connectivity index (χ1) is 9.97. The molecule has 1 aliphatic rings. The van der Waals surface area contributed by atoms with Crippen LogP contribution in [0.3, 0.4) is 0 Å². The highest BCUT2D eigenvalue weighted by atomic mass is 32.1. The van der Waals surface area contributed by atoms with Crippen molar-refractivity contribution in [2.75, 3.05) is 5.73 Å². The molecule has 0 aliphatic carbocycles. The molecule has 0 bridgehead atoms. The molecular formula is C14H12N4O2S. The Kier molecular flexibility index (Phi) is 2.99. The van der Waals surface area contributed by atoms with E-state index < -0.39 is 0 Å². The zero-order chi connectivity index (χ0) is 15.1. The molecule has 6 nitrogen and oxygen atoms in total. The number of nitrogens with one attached hydrogen (secondary N) is 1. The van der Waals surface area contributed by atoms with Gasteiger partial charge in [0.15, 0.2) is 4.77 Å². The fraction of sp³-hybridized carbons (Fsp3) is 0.0714. The summed E-state index contributed by atoms with van der Waals surface area (Å²) in [5, 5.41) is 9.91. The Labute approximate surface area is 125 Å². The van der Waals surface area contributed by atoms with Crippen molar-refractivity contribution in [1.82, 2.24) is 9.55 Å². The molecule has 1 aromatic heterocycles. The highest BCUT2D eigenvalue weighted by Crippen LogP contribution is 2.35. The molecule has 0 unspecified atom stereocenters. The van der Waals surface area contributed by atoms with Crippen LogP contribution in [0.5, 0.6) is 5.88 Å². The van der Waals surface area contributed by atoms with Crippen molar-refractivity contribution in [1.29, 1.82) is 0 Å². The van der Waals surface area contributed by atoms with E-state index in [1.165, 1.54) is 11.5 Å². The molecule has 3 rings (SSSR count). The summed E-state index contributed by atoms with van der Waals surface area (Å²) in [6.45, 7) is 1.37. The zero-order valence-corrected chi connectivity index (χ0v) is 11.9. The SMILES string of the molecule is CC(=O)n1c(/C=C2\C=Nc3ccc(N)cc32)c(O)[nH]c1=S. The molecule has 0 radical (unpaired) electrons. The number of imidazole rings is 1. The van der Waals surface area contributed by atoms with Crippen molar-refractivity contribution in [3.05, 3.63) is 34.2 Å². The van der Waals surface area contributed by atoms with Crippen LogP contribution < -0.4 is 5.73 Å². The van der Waals surface area contributed by atoms with Crippen LogP contribution in [0.15, 0.2) is 23.2 Å². The van der Waals surface area contributed by atoms with E-state index in [0.717, 1.165) is 16.8 Å². The molecule has 0 amide bonds. The Morgan fingerprint density at radius 3 is 3.00 bits per heavy atom. The van der Waals surface area contributed by atoms with E-state index in [1.807, 2.05) is 6.07 Å². The summed E-state index contributed by atoms with van der Waals surface area (Å²) in [6.07, 6.45) is 3.31. The second-order valence-electron chi connectivity index (χ2n) is 4.65. The summed E-state index contributed by atoms with van der Waals surface area (Å²) in [5.74, 6) is -0.445. The van der Waals surface area contributed by atoms with E-state index in [2.05, 4.69) is 9.98 Å². The fourth-order valence-electron chi connectivity index (χ4n) is 2.25. The molecule has 0 saturated carbocycles. The maximum absolute atomic E-state index is 11.7. The van der Waals surface area contributed by atoms with Crippen LogP contribution in [0, 0.1) is 4.77 Å². The highest BCUT2D eigenvalue weighted by Gasteiger charge is 2.17. The zero-order valence-electron chi connectivity index (χ0n) is 11.1. The topological polar surface area (TPSA) is 96.4 Å². The summed E-state index contributed by atoms with van der Waals surface area (Å²) >= 11 is 5.02. The monoisotopic (exact) mass is 300 g/mol. The van der Waals surface area contributed by atoms with Crippen molar-refractivity contribution in [2.24, 2.45) is 4.99 Å². The number of carbonyl (C=O) groups is 1. The maximum Gasteiger partial charge on any atom is 0.230 e. The number of allylic oxidation sites excluding steroid dienone is 1. The van der Waals surface area contributed by atoms with Crippen LogP contribution in [0.4, 0.5) is 11.4 Å². The number of aromatic nitrogens is 2. The van der Waals surface area contributed by atoms with Gasteiger partial charge in [0, 0.05) is 30.0 Å². The van der Waals surface area contributed by atoms with Crippen LogP contribution in [0.2, 0.25) is 0 Å². The van der Waals surface area contributed by atoms with Crippen molar-refractivity contribution in [3.8, 4) is 5.88 Å². The standard InChI is InChI=1S/C14H12N4O2S/c1-7(19)18-12(13(20)17-14(18)21)4-8-6-16-11-3-2-9(15)5-10(8)11/h2-6,20H,15H2,1H3,(H,17,21)/b8-4+. The lowest BCUT2D eigenvalue weighted by Crippen LogP contribution is -2.07. The van der Waals surface area contributed by atoms with Gasteiger partial charge in [-0.1, -0.05) is 0 Å². The minimum atomic E-state index is -0.286. The number of nitrogens with zero attached hydrogens (tertiary/aromatic N) is 2. The molecule has 4 N–H and O–H groups in total. The first kappa shape index (κ1) is 13.3. The van der Waals surface area contributed by atoms with Crippen LogP contribution in [0.25, 0.3) is 11.6 Å². The maximum atomic E-state index is 11.7. The van der Waals surface area contributed by atoms with Gasteiger partial charge >= 0.3 is 0 Å². The number of anilines is 1. The third-order valence-electron chi connectivity index (χ3n) is 3.19. The Morgan fingerprint density at radius 1 is 1.52 bits per heavy atom. The van der Waals surface area contributed by atoms with Crippen molar-refractivity contribution >= 4 is 47.4 Å². The Hall–Kier alpha value is -2.67. The number of nitrogen functional groups attached to an aromatic ring is 1. The Balaban J connectivity index is 2.19. The van der Waals surface area contributed by atoms with E-state index in [1.54, 1.807) is 24.4 Å². The number of H-pyrrole nitrogens is 1. The van der Waals surface area contributed by atoms with E-state index in [4.69, 9.17) is 18.0 Å². The molecule has 2 aromatic rings. The van der Waals surface area contributed by atoms with Gasteiger partial charge in [0.2, 0.25) is 11.8 Å². The van der Waals surface area contributed by atoms with Gasteiger partial charge in [-0.2, -0.15) is 0 Å². The van der Waals surface area contributed by atoms with Crippen LogP contribution in [0.1, 0.15) is 23.0 Å². The smallest absolute Gasteiger partial charge is 0.230 e. The molecule has 1 aliphatic heterocycles. The molecule has 0 fully saturated rings. The first-order valence-electron chi connectivity index (χ1n) is 6.18. The molecule has 0 saturated heterocycles. The number of hydrogen-bond acceptors (Lipinski definition) is 5. The molecule has 0 atom stereocenters. The average Bonchev–Trinajstić information content (AvgIpc) is 2.92. The number of nitrogens with two attached hydrogens (primary N) is 1. The van der Waals surface area contributed by atoms with E-state index in [0.29, 0.717) is 11.4 Å². The van der Waals surface area contributed by atoms with Crippen molar-refractivity contribution in [2.45, 2.75) is 6.92 Å². The number of carbonyl (C=O) groups excluding carboxylic acids is 1. The number of aliphatic imine (C=N–C) groups is 1. The number of rotatable bonds is 1. The van der Waals surface area contributed by atoms with Crippen LogP contribution in [-0.4, -0.2) is 26.8 Å². The molecule has 21 heavy (non-hydrogen) atoms. The molecule has 1 aromatic carbocycles. The van der Waals surface area contributed by atoms with Gasteiger partial charge in [-0.15, -0.1) is 0 Å². The van der Waals surface area contributed by atoms with E-state index in [-0.39, 0.29) is 16.6 Å². The summed E-state index contributed by atoms with van der Waals surface area (Å²) < 4.78 is 1.38. The minimum absolute atomic E-state index is 0.148. The predicted octanol–water partition coefficient (Wildman–Crippen LogP) is 2.75. The molecular weight excluding hydrogens is 288 g/mol. The number of aromatic hydroxyl groups is 1. The second-order valence-corrected chi connectivity index (χ2v) is 5.04. The summed E-state index contributed by atoms with van der Waals surface area (Å²) in [5.41, 5.74) is 9.08. The quantitative estimate of drug-likeness (QED) is 0.557. The average molecular weight is 300 g/mol. The van der Waals surface area contributed by atoms with Gasteiger partial charge in [-0.05, 0) is 36.5 Å². The van der Waals surface area contributed by atoms with Gasteiger partial charge in [0.05, 0.1) is 5.69 Å². The largest absolute Gasteiger partial charge is 0.493 e. The Morgan fingerprint density at radius 2 is 2.29 bits per heavy atom. The van der Waals surface area contributed by atoms with Crippen LogP contribution >= 0.6 is 12.2 Å². The fourth-order valence-corrected chi connectivity index (χ4v) is 2.57. The molecule has 106 valence electrons. The summed E-state index contributed by atoms with van der Waals surface area (Å²) in [7, 11) is 0. The normalized spacial score (nSPS) is 14.6. The minimum Gasteiger partial charge on any atom is -0.493 e. The molecule has 7 heteroatoms. The lowest BCUT2D eigenvalue weighted by molar-refractivity contribution is 0.0934. The number of hydrogen-bond donors (Lipinski definition) is 3. The van der Waals surface area contributed by atoms with Crippen molar-refractivity contribution < 1.29 is 9.90 Å². The van der Waals surface area contributed by atoms with E-state index in [9.17, 15) is 9.90 Å². The Bertz CT molecular complexity index is 874. The third kappa shape index (κ3) is 2.17. The molecule has 0 spiro atoms. The molecule has 2 heterocycles. The number of benzene rings is 1. The van der Waals surface area contributed by atoms with Gasteiger partial charge < -0.3 is 15.8 Å². The van der Waals surface area contributed by atoms with Gasteiger partial charge in [0.1, 0.15) is 5.69 Å². The van der Waals surface area contributed by atoms with Crippen molar-refractivity contribution in [3.63, 3.8) is 0 Å². The van der Waals surface area contributed by atoms with Crippen LogP contribution in [-0.2, 0) is 0 Å². The van der Waals surface area contributed by atoms with Gasteiger partial charge in [-0.3, -0.25) is 14.4 Å². The summed E-state index contributed by atoms with van der Waals surface area (Å²) in [6, 6.07) is 5.38. The van der Waals surface area contributed by atoms with E-state index >= 15 is 0 Å². The lowest BCUT2D eigenvalue weighted by atomic mass is 10.1. The van der Waals surface area contributed by atoms with Gasteiger partial charge in [-0.25, -0.2) is 0 Å². The summed E-state index contributed by atoms with van der Waals surface area (Å²) in [4.78, 5) is 18.5. The first-order valence-corrected chi connectivity index (χ1v) is 6.59. The lowest BCUT2D eigenvalue weighted by Gasteiger charge is -2.03. The number of aromatic amines is 1. The highest BCUT2D eigenvalue weighted by molar-refractivity contribution is 7.71. The van der Waals surface area contributed by atoms with Gasteiger partial charge in [0.25, 0.3) is 0 Å². The second kappa shape index (κ2) is 4.71. The third-order valence-corrected chi connectivity index (χ3v) is 3.48. The predicted molar refractivity (Wildman–Crippen MR) is 84.5 cm³/mol.